The molecule has 7 nitrogen and oxygen atoms in total. The lowest BCUT2D eigenvalue weighted by Gasteiger charge is -2.31. The van der Waals surface area contributed by atoms with Crippen LogP contribution in [0.15, 0.2) is 29.3 Å². The van der Waals surface area contributed by atoms with E-state index in [1.807, 2.05) is 31.2 Å². The van der Waals surface area contributed by atoms with Crippen LogP contribution in [0.3, 0.4) is 0 Å². The average molecular weight is 576 g/mol. The third-order valence-electron chi connectivity index (χ3n) is 5.33. The summed E-state index contributed by atoms with van der Waals surface area (Å²) in [4.78, 5) is 4.60. The van der Waals surface area contributed by atoms with Crippen molar-refractivity contribution < 1.29 is 26.3 Å². The van der Waals surface area contributed by atoms with Gasteiger partial charge in [-0.3, -0.25) is 4.99 Å². The Morgan fingerprint density at radius 2 is 1.90 bits per heavy atom. The minimum Gasteiger partial charge on any atom is -0.493 e. The maximum atomic E-state index is 12.7. The average Bonchev–Trinajstić information content (AvgIpc) is 2.72. The van der Waals surface area contributed by atoms with Gasteiger partial charge in [-0.15, -0.1) is 24.0 Å². The Labute approximate surface area is 197 Å². The molecule has 12 heteroatoms. The van der Waals surface area contributed by atoms with Crippen molar-refractivity contribution in [3.05, 3.63) is 29.8 Å². The van der Waals surface area contributed by atoms with Crippen LogP contribution in [0.1, 0.15) is 37.8 Å². The number of rotatable bonds is 5. The summed E-state index contributed by atoms with van der Waals surface area (Å²) < 4.78 is 67.4. The van der Waals surface area contributed by atoms with Crippen LogP contribution in [0, 0.1) is 5.92 Å². The maximum Gasteiger partial charge on any atom is 0.511 e. The van der Waals surface area contributed by atoms with Gasteiger partial charge in [0.25, 0.3) is 0 Å². The second-order valence-corrected chi connectivity index (χ2v) is 9.31. The highest BCUT2D eigenvalue weighted by Gasteiger charge is 2.50. The number of halogens is 4. The fourth-order valence-corrected chi connectivity index (χ4v) is 4.66. The number of sulfonamides is 1. The lowest BCUT2D eigenvalue weighted by atomic mass is 9.98. The number of aliphatic imine (C=N–C) groups is 1. The molecule has 2 heterocycles. The van der Waals surface area contributed by atoms with Crippen molar-refractivity contribution in [3.63, 3.8) is 0 Å². The molecule has 3 rings (SSSR count). The molecule has 0 saturated carbocycles. The number of hydrogen-bond acceptors (Lipinski definition) is 4. The van der Waals surface area contributed by atoms with Crippen molar-refractivity contribution >= 4 is 40.0 Å². The number of hydrogen-bond donors (Lipinski definition) is 2. The van der Waals surface area contributed by atoms with Crippen LogP contribution >= 0.6 is 24.0 Å². The molecular weight excluding hydrogens is 548 g/mol. The number of para-hydroxylation sites is 1. The van der Waals surface area contributed by atoms with E-state index in [2.05, 4.69) is 15.6 Å². The van der Waals surface area contributed by atoms with E-state index in [1.165, 1.54) is 0 Å². The summed E-state index contributed by atoms with van der Waals surface area (Å²) >= 11 is 0. The molecule has 1 saturated heterocycles. The monoisotopic (exact) mass is 576 g/mol. The van der Waals surface area contributed by atoms with E-state index in [9.17, 15) is 21.6 Å². The number of nitrogens with zero attached hydrogens (tertiary/aromatic N) is 2. The smallest absolute Gasteiger partial charge is 0.493 e. The van der Waals surface area contributed by atoms with Crippen LogP contribution in [0.5, 0.6) is 5.75 Å². The lowest BCUT2D eigenvalue weighted by molar-refractivity contribution is -0.0496. The fraction of sp³-hybridized carbons (Fsp3) is 0.632. The molecule has 1 atom stereocenters. The number of guanidine groups is 1. The van der Waals surface area contributed by atoms with Crippen LogP contribution < -0.4 is 15.4 Å². The number of piperidine rings is 1. The standard InChI is InChI=1S/C19H27F3N4O3S.HI/c1-2-23-18(25-16-9-12-29-17-6-4-3-5-15(16)17)24-13-14-7-10-26(11-8-14)30(27,28)19(20,21)22;/h3-6,14,16H,2,7-13H2,1H3,(H2,23,24,25);1H. The van der Waals surface area contributed by atoms with Gasteiger partial charge < -0.3 is 15.4 Å². The summed E-state index contributed by atoms with van der Waals surface area (Å²) in [6, 6.07) is 7.86. The van der Waals surface area contributed by atoms with Gasteiger partial charge >= 0.3 is 15.5 Å². The highest BCUT2D eigenvalue weighted by Crippen LogP contribution is 2.32. The quantitative estimate of drug-likeness (QED) is 0.320. The zero-order valence-corrected chi connectivity index (χ0v) is 20.3. The van der Waals surface area contributed by atoms with Gasteiger partial charge in [-0.25, -0.2) is 8.42 Å². The largest absolute Gasteiger partial charge is 0.511 e. The highest BCUT2D eigenvalue weighted by molar-refractivity contribution is 14.0. The van der Waals surface area contributed by atoms with Crippen LogP contribution in [0.4, 0.5) is 13.2 Å². The maximum absolute atomic E-state index is 12.7. The number of ether oxygens (including phenoxy) is 1. The Morgan fingerprint density at radius 3 is 2.55 bits per heavy atom. The van der Waals surface area contributed by atoms with Gasteiger partial charge in [-0.05, 0) is 31.7 Å². The summed E-state index contributed by atoms with van der Waals surface area (Å²) in [5, 5.41) is 6.61. The number of benzene rings is 1. The molecule has 0 radical (unpaired) electrons. The van der Waals surface area contributed by atoms with E-state index in [0.29, 0.717) is 42.8 Å². The van der Waals surface area contributed by atoms with Crippen LogP contribution in [0.25, 0.3) is 0 Å². The summed E-state index contributed by atoms with van der Waals surface area (Å²) in [5.74, 6) is 1.50. The number of nitrogens with one attached hydrogen (secondary N) is 2. The second kappa shape index (κ2) is 11.0. The molecule has 0 aliphatic carbocycles. The summed E-state index contributed by atoms with van der Waals surface area (Å²) in [6.45, 7) is 3.35. The summed E-state index contributed by atoms with van der Waals surface area (Å²) in [6.07, 6.45) is 1.48. The molecule has 31 heavy (non-hydrogen) atoms. The summed E-state index contributed by atoms with van der Waals surface area (Å²) in [7, 11) is -5.25. The van der Waals surface area contributed by atoms with Crippen LogP contribution in [-0.4, -0.2) is 57.0 Å². The predicted octanol–water partition coefficient (Wildman–Crippen LogP) is 3.24. The van der Waals surface area contributed by atoms with Crippen LogP contribution in [0.2, 0.25) is 0 Å². The van der Waals surface area contributed by atoms with Gasteiger partial charge in [0.05, 0.1) is 12.6 Å². The van der Waals surface area contributed by atoms with E-state index in [-0.39, 0.29) is 49.0 Å². The minimum absolute atomic E-state index is 0. The second-order valence-electron chi connectivity index (χ2n) is 7.38. The molecule has 2 aliphatic heterocycles. The molecule has 0 bridgehead atoms. The minimum atomic E-state index is -5.25. The molecule has 0 aromatic heterocycles. The first-order valence-electron chi connectivity index (χ1n) is 10.1. The first-order chi connectivity index (χ1) is 14.2. The first-order valence-corrected chi connectivity index (χ1v) is 11.5. The van der Waals surface area contributed by atoms with Crippen molar-refractivity contribution in [1.29, 1.82) is 0 Å². The normalized spacial score (nSPS) is 20.9. The van der Waals surface area contributed by atoms with Gasteiger partial charge in [0, 0.05) is 38.2 Å². The SMILES string of the molecule is CCNC(=NCC1CCN(S(=O)(=O)C(F)(F)F)CC1)NC1CCOc2ccccc21.I. The fourth-order valence-electron chi connectivity index (χ4n) is 3.68. The van der Waals surface area contributed by atoms with Crippen molar-refractivity contribution in [2.24, 2.45) is 10.9 Å². The Balaban J connectivity index is 0.00000341. The molecule has 1 unspecified atom stereocenters. The van der Waals surface area contributed by atoms with Crippen molar-refractivity contribution in [3.8, 4) is 5.75 Å². The predicted molar refractivity (Wildman–Crippen MR) is 123 cm³/mol. The number of fused-ring (bicyclic) bond motifs is 1. The molecule has 0 amide bonds. The molecule has 1 aromatic rings. The Kier molecular flexibility index (Phi) is 9.25. The van der Waals surface area contributed by atoms with Crippen molar-refractivity contribution in [1.82, 2.24) is 14.9 Å². The highest BCUT2D eigenvalue weighted by atomic mass is 127. The zero-order chi connectivity index (χ0) is 21.8. The molecule has 2 N–H and O–H groups in total. The van der Waals surface area contributed by atoms with Gasteiger partial charge in [-0.2, -0.15) is 17.5 Å². The van der Waals surface area contributed by atoms with Gasteiger partial charge in [-0.1, -0.05) is 18.2 Å². The van der Waals surface area contributed by atoms with Gasteiger partial charge in [0.15, 0.2) is 5.96 Å². The number of alkyl halides is 3. The van der Waals surface area contributed by atoms with Crippen LogP contribution in [-0.2, 0) is 10.0 Å². The van der Waals surface area contributed by atoms with Crippen molar-refractivity contribution in [2.75, 3.05) is 32.8 Å². The third-order valence-corrected chi connectivity index (χ3v) is 6.96. The summed E-state index contributed by atoms with van der Waals surface area (Å²) in [5.41, 5.74) is -4.19. The topological polar surface area (TPSA) is 83.0 Å². The molecule has 2 aliphatic rings. The molecule has 176 valence electrons. The Bertz CT molecular complexity index is 859. The lowest BCUT2D eigenvalue weighted by Crippen LogP contribution is -2.45. The molecule has 0 spiro atoms. The van der Waals surface area contributed by atoms with E-state index < -0.39 is 15.5 Å². The van der Waals surface area contributed by atoms with E-state index in [4.69, 9.17) is 4.74 Å². The zero-order valence-electron chi connectivity index (χ0n) is 17.2. The van der Waals surface area contributed by atoms with Gasteiger partial charge in [0.2, 0.25) is 0 Å². The Morgan fingerprint density at radius 1 is 1.23 bits per heavy atom. The molecular formula is C19H28F3IN4O3S. The third kappa shape index (κ3) is 6.37. The molecule has 1 fully saturated rings. The van der Waals surface area contributed by atoms with E-state index in [0.717, 1.165) is 17.7 Å². The molecule has 1 aromatic carbocycles. The Hall–Kier alpha value is -1.28. The van der Waals surface area contributed by atoms with E-state index in [1.54, 1.807) is 0 Å². The first kappa shape index (κ1) is 26.0. The van der Waals surface area contributed by atoms with E-state index >= 15 is 0 Å². The van der Waals surface area contributed by atoms with Crippen molar-refractivity contribution in [2.45, 2.75) is 37.7 Å². The van der Waals surface area contributed by atoms with Gasteiger partial charge in [0.1, 0.15) is 5.75 Å².